The maximum atomic E-state index is 13.6. The zero-order valence-electron chi connectivity index (χ0n) is 20.2. The fourth-order valence-corrected chi connectivity index (χ4v) is 4.93. The molecule has 0 fully saturated rings. The molecule has 0 spiro atoms. The SMILES string of the molecule is Cn1c(C(F)(F)F)nn1Cc1cc(C(=O)Nc2c(C(N)=O)cc3cc(Br)ccc3c2Cl)n(-c2ncccc2Cl)n1. The number of aromatic nitrogens is 6. The maximum Gasteiger partial charge on any atom is 0.453 e. The van der Waals surface area contributed by atoms with Crippen molar-refractivity contribution in [2.75, 3.05) is 5.32 Å². The van der Waals surface area contributed by atoms with Gasteiger partial charge in [0, 0.05) is 23.1 Å². The van der Waals surface area contributed by atoms with Crippen molar-refractivity contribution in [3.8, 4) is 5.82 Å². The van der Waals surface area contributed by atoms with Gasteiger partial charge in [0.15, 0.2) is 5.82 Å². The summed E-state index contributed by atoms with van der Waals surface area (Å²) < 4.78 is 41.7. The average molecular weight is 656 g/mol. The molecule has 5 aromatic rings. The van der Waals surface area contributed by atoms with E-state index in [0.717, 1.165) is 18.6 Å². The van der Waals surface area contributed by atoms with E-state index >= 15 is 0 Å². The molecule has 0 radical (unpaired) electrons. The first-order valence-electron chi connectivity index (χ1n) is 11.2. The van der Waals surface area contributed by atoms with Crippen LogP contribution in [-0.4, -0.2) is 41.2 Å². The van der Waals surface area contributed by atoms with E-state index in [1.54, 1.807) is 24.3 Å². The summed E-state index contributed by atoms with van der Waals surface area (Å²) in [5.41, 5.74) is 5.60. The molecular weight excluding hydrogens is 640 g/mol. The Kier molecular flexibility index (Phi) is 7.10. The monoisotopic (exact) mass is 654 g/mol. The van der Waals surface area contributed by atoms with Crippen molar-refractivity contribution in [1.82, 2.24) is 29.3 Å². The molecule has 206 valence electrons. The lowest BCUT2D eigenvalue weighted by Gasteiger charge is -2.21. The number of halogens is 6. The second-order valence-corrected chi connectivity index (χ2v) is 10.2. The molecule has 0 saturated heterocycles. The van der Waals surface area contributed by atoms with Crippen LogP contribution in [0.15, 0.2) is 53.1 Å². The topological polar surface area (TPSA) is 126 Å². The number of amides is 2. The van der Waals surface area contributed by atoms with Crippen LogP contribution in [0, 0.1) is 0 Å². The molecule has 0 aliphatic rings. The van der Waals surface area contributed by atoms with E-state index in [2.05, 4.69) is 36.4 Å². The number of rotatable bonds is 6. The highest BCUT2D eigenvalue weighted by atomic mass is 79.9. The van der Waals surface area contributed by atoms with Crippen LogP contribution in [0.1, 0.15) is 32.4 Å². The zero-order chi connectivity index (χ0) is 28.9. The van der Waals surface area contributed by atoms with Gasteiger partial charge in [-0.2, -0.15) is 23.1 Å². The number of hydrogen-bond acceptors (Lipinski definition) is 5. The Hall–Kier alpha value is -3.88. The van der Waals surface area contributed by atoms with Crippen LogP contribution in [0.5, 0.6) is 0 Å². The van der Waals surface area contributed by atoms with Crippen LogP contribution >= 0.6 is 39.1 Å². The van der Waals surface area contributed by atoms with E-state index in [0.29, 0.717) is 10.8 Å². The third-order valence-electron chi connectivity index (χ3n) is 5.89. The predicted molar refractivity (Wildman–Crippen MR) is 145 cm³/mol. The van der Waals surface area contributed by atoms with Gasteiger partial charge in [0.2, 0.25) is 0 Å². The lowest BCUT2D eigenvalue weighted by molar-refractivity contribution is -0.156. The number of carbonyl (C=O) groups excluding carboxylic acids is 2. The number of nitrogens with zero attached hydrogens (tertiary/aromatic N) is 6. The number of benzene rings is 2. The third-order valence-corrected chi connectivity index (χ3v) is 7.08. The Balaban J connectivity index is 1.57. The molecule has 10 nitrogen and oxygen atoms in total. The number of hydrogen-bond donors (Lipinski definition) is 2. The molecule has 0 aliphatic carbocycles. The summed E-state index contributed by atoms with van der Waals surface area (Å²) in [4.78, 5) is 31.1. The maximum absolute atomic E-state index is 13.6. The molecule has 16 heteroatoms. The third kappa shape index (κ3) is 5.05. The summed E-state index contributed by atoms with van der Waals surface area (Å²) in [5, 5.41) is 11.8. The molecule has 5 rings (SSSR count). The predicted octanol–water partition coefficient (Wildman–Crippen LogP) is 5.44. The normalized spacial score (nSPS) is 11.8. The van der Waals surface area contributed by atoms with E-state index in [1.807, 2.05) is 0 Å². The first-order chi connectivity index (χ1) is 18.8. The minimum Gasteiger partial charge on any atom is -0.366 e. The van der Waals surface area contributed by atoms with Crippen LogP contribution < -0.4 is 11.1 Å². The Morgan fingerprint density at radius 1 is 1.12 bits per heavy atom. The van der Waals surface area contributed by atoms with Crippen molar-refractivity contribution in [1.29, 1.82) is 0 Å². The highest BCUT2D eigenvalue weighted by molar-refractivity contribution is 9.10. The average Bonchev–Trinajstić information content (AvgIpc) is 3.30. The fourth-order valence-electron chi connectivity index (χ4n) is 4.03. The van der Waals surface area contributed by atoms with Gasteiger partial charge in [-0.25, -0.2) is 14.3 Å². The van der Waals surface area contributed by atoms with Gasteiger partial charge in [0.1, 0.15) is 12.2 Å². The van der Waals surface area contributed by atoms with E-state index in [-0.39, 0.29) is 45.0 Å². The van der Waals surface area contributed by atoms with Crippen molar-refractivity contribution < 1.29 is 22.8 Å². The Morgan fingerprint density at radius 3 is 2.52 bits per heavy atom. The molecule has 2 aromatic carbocycles. The summed E-state index contributed by atoms with van der Waals surface area (Å²) in [6.07, 6.45) is -3.19. The standard InChI is InChI=1S/C24H16BrCl2F3N8O2/c1-36-23(24(28,29)30)35-37(36)10-13-9-17(38(34-13)21-16(26)3-2-6-32-21)22(40)33-19-15(20(31)39)8-11-7-12(25)4-5-14(11)18(19)27/h2-9H,10H2,1H3,(H2,31,39)(H,33,40). The van der Waals surface area contributed by atoms with Crippen LogP contribution in [0.4, 0.5) is 18.9 Å². The molecule has 0 atom stereocenters. The summed E-state index contributed by atoms with van der Waals surface area (Å²) in [6, 6.07) is 11.1. The highest BCUT2D eigenvalue weighted by Crippen LogP contribution is 2.36. The van der Waals surface area contributed by atoms with E-state index in [9.17, 15) is 22.8 Å². The van der Waals surface area contributed by atoms with Crippen LogP contribution in [-0.2, 0) is 19.8 Å². The van der Waals surface area contributed by atoms with E-state index < -0.39 is 23.8 Å². The second-order valence-electron chi connectivity index (χ2n) is 8.51. The minimum atomic E-state index is -4.62. The largest absolute Gasteiger partial charge is 0.453 e. The lowest BCUT2D eigenvalue weighted by atomic mass is 10.0. The molecule has 40 heavy (non-hydrogen) atoms. The number of pyridine rings is 1. The van der Waals surface area contributed by atoms with Crippen LogP contribution in [0.2, 0.25) is 10.0 Å². The Labute approximate surface area is 241 Å². The number of primary amides is 1. The van der Waals surface area contributed by atoms with Crippen molar-refractivity contribution in [2.24, 2.45) is 12.8 Å². The van der Waals surface area contributed by atoms with Gasteiger partial charge in [-0.05, 0) is 41.8 Å². The second kappa shape index (κ2) is 10.3. The van der Waals surface area contributed by atoms with Gasteiger partial charge in [0.05, 0.1) is 27.0 Å². The minimum absolute atomic E-state index is 0.0303. The summed E-state index contributed by atoms with van der Waals surface area (Å²) >= 11 is 16.3. The van der Waals surface area contributed by atoms with Gasteiger partial charge in [-0.3, -0.25) is 9.59 Å². The van der Waals surface area contributed by atoms with Crippen molar-refractivity contribution in [3.05, 3.63) is 86.0 Å². The molecular formula is C24H16BrCl2F3N8O2. The molecule has 0 aliphatic heterocycles. The van der Waals surface area contributed by atoms with Crippen LogP contribution in [0.25, 0.3) is 16.6 Å². The Bertz CT molecular complexity index is 1810. The van der Waals surface area contributed by atoms with Crippen LogP contribution in [0.3, 0.4) is 0 Å². The number of nitrogens with one attached hydrogen (secondary N) is 1. The summed E-state index contributed by atoms with van der Waals surface area (Å²) in [5.74, 6) is -2.59. The number of fused-ring (bicyclic) bond motifs is 1. The van der Waals surface area contributed by atoms with E-state index in [4.69, 9.17) is 28.9 Å². The smallest absolute Gasteiger partial charge is 0.366 e. The van der Waals surface area contributed by atoms with Gasteiger partial charge in [-0.1, -0.05) is 45.2 Å². The lowest BCUT2D eigenvalue weighted by Crippen LogP contribution is -2.34. The van der Waals surface area contributed by atoms with Crippen molar-refractivity contribution >= 4 is 67.4 Å². The molecule has 3 N–H and O–H groups in total. The Morgan fingerprint density at radius 2 is 1.88 bits per heavy atom. The molecule has 2 amide bonds. The van der Waals surface area contributed by atoms with Gasteiger partial charge in [0.25, 0.3) is 17.6 Å². The number of carbonyl (C=O) groups is 2. The number of nitrogens with two attached hydrogens (primary N) is 1. The number of anilines is 1. The van der Waals surface area contributed by atoms with Crippen molar-refractivity contribution in [3.63, 3.8) is 0 Å². The van der Waals surface area contributed by atoms with Gasteiger partial charge in [-0.15, -0.1) is 5.10 Å². The quantitative estimate of drug-likeness (QED) is 0.252. The number of alkyl halides is 3. The summed E-state index contributed by atoms with van der Waals surface area (Å²) in [6.45, 7) is -0.202. The molecule has 0 saturated carbocycles. The fraction of sp³-hybridized carbons (Fsp3) is 0.125. The zero-order valence-corrected chi connectivity index (χ0v) is 23.3. The highest BCUT2D eigenvalue weighted by Gasteiger charge is 2.39. The molecule has 0 bridgehead atoms. The van der Waals surface area contributed by atoms with Crippen molar-refractivity contribution in [2.45, 2.75) is 12.7 Å². The summed E-state index contributed by atoms with van der Waals surface area (Å²) in [7, 11) is 1.20. The van der Waals surface area contributed by atoms with E-state index in [1.165, 1.54) is 31.4 Å². The molecule has 0 unspecified atom stereocenters. The molecule has 3 heterocycles. The molecule has 3 aromatic heterocycles. The first kappa shape index (κ1) is 27.7. The van der Waals surface area contributed by atoms with Gasteiger partial charge >= 0.3 is 6.18 Å². The van der Waals surface area contributed by atoms with Gasteiger partial charge < -0.3 is 11.1 Å². The first-order valence-corrected chi connectivity index (χ1v) is 12.8.